The van der Waals surface area contributed by atoms with Crippen LogP contribution in [0.3, 0.4) is 0 Å². The highest BCUT2D eigenvalue weighted by Crippen LogP contribution is 2.19. The van der Waals surface area contributed by atoms with Crippen molar-refractivity contribution < 1.29 is 9.18 Å². The largest absolute Gasteiger partial charge is 0.325 e. The molecule has 0 bridgehead atoms. The quantitative estimate of drug-likeness (QED) is 0.861. The van der Waals surface area contributed by atoms with Gasteiger partial charge in [0.15, 0.2) is 0 Å². The number of hydrogen-bond acceptors (Lipinski definition) is 2. The van der Waals surface area contributed by atoms with Gasteiger partial charge in [-0.2, -0.15) is 0 Å². The molecule has 2 aromatic carbocycles. The third-order valence-corrected chi connectivity index (χ3v) is 4.06. The molecule has 0 saturated heterocycles. The molecule has 3 nitrogen and oxygen atoms in total. The molecule has 0 aliphatic rings. The topological polar surface area (TPSA) is 32.3 Å². The number of nitrogens with zero attached hydrogens (tertiary/aromatic N) is 1. The Hall–Kier alpha value is -1.72. The lowest BCUT2D eigenvalue weighted by atomic mass is 10.1. The maximum Gasteiger partial charge on any atom is 0.238 e. The minimum absolute atomic E-state index is 0.0243. The van der Waals surface area contributed by atoms with Crippen LogP contribution >= 0.6 is 15.9 Å². The average Bonchev–Trinajstić information content (AvgIpc) is 2.49. The molecule has 0 aliphatic heterocycles. The van der Waals surface area contributed by atoms with Crippen molar-refractivity contribution in [2.45, 2.75) is 13.0 Å². The highest BCUT2D eigenvalue weighted by atomic mass is 79.9. The zero-order chi connectivity index (χ0) is 16.1. The number of halogens is 2. The van der Waals surface area contributed by atoms with Crippen LogP contribution in [0.1, 0.15) is 18.5 Å². The summed E-state index contributed by atoms with van der Waals surface area (Å²) in [6.45, 7) is 2.24. The summed E-state index contributed by atoms with van der Waals surface area (Å²) in [6, 6.07) is 13.8. The first-order valence-electron chi connectivity index (χ1n) is 6.97. The first-order valence-corrected chi connectivity index (χ1v) is 7.76. The van der Waals surface area contributed by atoms with Crippen molar-refractivity contribution in [1.82, 2.24) is 4.90 Å². The molecule has 2 rings (SSSR count). The van der Waals surface area contributed by atoms with Crippen LogP contribution in [0.15, 0.2) is 53.0 Å². The fourth-order valence-corrected chi connectivity index (χ4v) is 2.36. The molecule has 0 radical (unpaired) electrons. The Kier molecular flexibility index (Phi) is 5.69. The minimum Gasteiger partial charge on any atom is -0.325 e. The molecule has 0 aliphatic carbocycles. The van der Waals surface area contributed by atoms with E-state index in [9.17, 15) is 9.18 Å². The number of likely N-dealkylation sites (N-methyl/N-ethyl adjacent to an activating group) is 1. The lowest BCUT2D eigenvalue weighted by Gasteiger charge is -2.24. The molecule has 0 heterocycles. The first kappa shape index (κ1) is 16.6. The molecule has 0 saturated carbocycles. The summed E-state index contributed by atoms with van der Waals surface area (Å²) < 4.78 is 13.9. The van der Waals surface area contributed by atoms with Gasteiger partial charge in [0.2, 0.25) is 5.91 Å². The summed E-state index contributed by atoms with van der Waals surface area (Å²) in [5.74, 6) is -0.342. The van der Waals surface area contributed by atoms with Crippen LogP contribution in [0, 0.1) is 5.82 Å². The second-order valence-electron chi connectivity index (χ2n) is 5.20. The van der Waals surface area contributed by atoms with Gasteiger partial charge in [-0.05, 0) is 55.9 Å². The predicted molar refractivity (Wildman–Crippen MR) is 90.2 cm³/mol. The third-order valence-electron chi connectivity index (χ3n) is 3.53. The van der Waals surface area contributed by atoms with Gasteiger partial charge in [-0.25, -0.2) is 4.39 Å². The molecule has 2 aromatic rings. The highest BCUT2D eigenvalue weighted by molar-refractivity contribution is 9.10. The smallest absolute Gasteiger partial charge is 0.238 e. The van der Waals surface area contributed by atoms with Crippen molar-refractivity contribution in [1.29, 1.82) is 0 Å². The van der Waals surface area contributed by atoms with E-state index in [1.165, 1.54) is 12.1 Å². The summed E-state index contributed by atoms with van der Waals surface area (Å²) in [6.07, 6.45) is 0. The van der Waals surface area contributed by atoms with Gasteiger partial charge in [-0.15, -0.1) is 0 Å². The van der Waals surface area contributed by atoms with Crippen LogP contribution in [0.5, 0.6) is 0 Å². The second kappa shape index (κ2) is 7.51. The van der Waals surface area contributed by atoms with Gasteiger partial charge in [-0.3, -0.25) is 9.69 Å². The van der Waals surface area contributed by atoms with Gasteiger partial charge in [-0.1, -0.05) is 28.1 Å². The van der Waals surface area contributed by atoms with Gasteiger partial charge < -0.3 is 5.32 Å². The zero-order valence-corrected chi connectivity index (χ0v) is 14.1. The summed E-state index contributed by atoms with van der Waals surface area (Å²) >= 11 is 3.35. The normalized spacial score (nSPS) is 12.2. The number of benzene rings is 2. The second-order valence-corrected chi connectivity index (χ2v) is 6.11. The van der Waals surface area contributed by atoms with E-state index in [1.54, 1.807) is 12.1 Å². The molecular formula is C17H18BrFN2O. The van der Waals surface area contributed by atoms with E-state index >= 15 is 0 Å². The zero-order valence-electron chi connectivity index (χ0n) is 12.5. The van der Waals surface area contributed by atoms with Gasteiger partial charge in [0, 0.05) is 16.2 Å². The lowest BCUT2D eigenvalue weighted by Crippen LogP contribution is -2.32. The fraction of sp³-hybridized carbons (Fsp3) is 0.235. The molecule has 0 fully saturated rings. The molecule has 5 heteroatoms. The van der Waals surface area contributed by atoms with Gasteiger partial charge in [0.1, 0.15) is 5.82 Å². The molecule has 1 unspecified atom stereocenters. The Morgan fingerprint density at radius 2 is 1.77 bits per heavy atom. The predicted octanol–water partition coefficient (Wildman–Crippen LogP) is 4.22. The van der Waals surface area contributed by atoms with E-state index in [-0.39, 0.29) is 24.3 Å². The van der Waals surface area contributed by atoms with Crippen molar-refractivity contribution in [2.24, 2.45) is 0 Å². The summed E-state index contributed by atoms with van der Waals surface area (Å²) in [4.78, 5) is 14.0. The van der Waals surface area contributed by atoms with Gasteiger partial charge in [0.05, 0.1) is 6.54 Å². The summed E-state index contributed by atoms with van der Waals surface area (Å²) in [5, 5.41) is 2.85. The maximum absolute atomic E-state index is 13.0. The maximum atomic E-state index is 13.0. The van der Waals surface area contributed by atoms with Crippen molar-refractivity contribution in [3.8, 4) is 0 Å². The number of carbonyl (C=O) groups is 1. The fourth-order valence-electron chi connectivity index (χ4n) is 2.09. The molecule has 1 atom stereocenters. The van der Waals surface area contributed by atoms with Gasteiger partial charge >= 0.3 is 0 Å². The Morgan fingerprint density at radius 1 is 1.18 bits per heavy atom. The Labute approximate surface area is 138 Å². The number of anilines is 1. The molecule has 0 spiro atoms. The van der Waals surface area contributed by atoms with Crippen LogP contribution < -0.4 is 5.32 Å². The minimum atomic E-state index is -0.258. The van der Waals surface area contributed by atoms with Crippen molar-refractivity contribution >= 4 is 27.5 Å². The monoisotopic (exact) mass is 364 g/mol. The van der Waals surface area contributed by atoms with Crippen LogP contribution in [-0.4, -0.2) is 24.4 Å². The van der Waals surface area contributed by atoms with E-state index in [0.29, 0.717) is 0 Å². The van der Waals surface area contributed by atoms with Crippen LogP contribution in [-0.2, 0) is 4.79 Å². The van der Waals surface area contributed by atoms with Crippen molar-refractivity contribution in [3.63, 3.8) is 0 Å². The van der Waals surface area contributed by atoms with E-state index in [4.69, 9.17) is 0 Å². The number of amides is 1. The molecule has 22 heavy (non-hydrogen) atoms. The summed E-state index contributed by atoms with van der Waals surface area (Å²) in [7, 11) is 1.87. The molecule has 0 aromatic heterocycles. The lowest BCUT2D eigenvalue weighted by molar-refractivity contribution is -0.117. The van der Waals surface area contributed by atoms with Crippen molar-refractivity contribution in [2.75, 3.05) is 18.9 Å². The van der Waals surface area contributed by atoms with E-state index in [1.807, 2.05) is 43.1 Å². The number of hydrogen-bond donors (Lipinski definition) is 1. The molecule has 116 valence electrons. The van der Waals surface area contributed by atoms with E-state index < -0.39 is 0 Å². The first-order chi connectivity index (χ1) is 10.5. The molecular weight excluding hydrogens is 347 g/mol. The van der Waals surface area contributed by atoms with Gasteiger partial charge in [0.25, 0.3) is 0 Å². The summed E-state index contributed by atoms with van der Waals surface area (Å²) in [5.41, 5.74) is 1.73. The Balaban J connectivity index is 1.92. The Bertz CT molecular complexity index is 628. The van der Waals surface area contributed by atoms with E-state index in [0.717, 1.165) is 15.7 Å². The van der Waals surface area contributed by atoms with Crippen LogP contribution in [0.4, 0.5) is 10.1 Å². The van der Waals surface area contributed by atoms with Crippen LogP contribution in [0.2, 0.25) is 0 Å². The molecule has 1 amide bonds. The standard InChI is InChI=1S/C17H18BrFN2O/c1-12(13-3-7-15(19)8-4-13)21(2)11-17(22)20-16-9-5-14(18)6-10-16/h3-10,12H,11H2,1-2H3,(H,20,22). The highest BCUT2D eigenvalue weighted by Gasteiger charge is 2.15. The number of nitrogens with one attached hydrogen (secondary N) is 1. The third kappa shape index (κ3) is 4.64. The molecule has 1 N–H and O–H groups in total. The van der Waals surface area contributed by atoms with Crippen molar-refractivity contribution in [3.05, 3.63) is 64.4 Å². The van der Waals surface area contributed by atoms with E-state index in [2.05, 4.69) is 21.2 Å². The Morgan fingerprint density at radius 3 is 2.36 bits per heavy atom. The number of rotatable bonds is 5. The number of carbonyl (C=O) groups excluding carboxylic acids is 1. The average molecular weight is 365 g/mol. The van der Waals surface area contributed by atoms with Crippen LogP contribution in [0.25, 0.3) is 0 Å². The SMILES string of the molecule is CC(c1ccc(F)cc1)N(C)CC(=O)Nc1ccc(Br)cc1.